The molecule has 2 heterocycles. The fourth-order valence-corrected chi connectivity index (χ4v) is 6.23. The minimum absolute atomic E-state index is 0.0641. The maximum absolute atomic E-state index is 13.2. The van der Waals surface area contributed by atoms with Crippen LogP contribution < -0.4 is 10.2 Å². The molecular weight excluding hydrogens is 435 g/mol. The number of nitrogens with one attached hydrogen (secondary N) is 1. The molecule has 0 spiro atoms. The lowest BCUT2D eigenvalue weighted by molar-refractivity contribution is -0.117. The molecule has 0 radical (unpaired) electrons. The third-order valence-corrected chi connectivity index (χ3v) is 8.75. The van der Waals surface area contributed by atoms with Gasteiger partial charge in [0.1, 0.15) is 16.9 Å². The van der Waals surface area contributed by atoms with Gasteiger partial charge in [-0.1, -0.05) is 27.2 Å². The molecule has 1 atom stereocenters. The van der Waals surface area contributed by atoms with Crippen molar-refractivity contribution in [1.82, 2.24) is 4.90 Å². The highest BCUT2D eigenvalue weighted by molar-refractivity contribution is 7.16. The lowest BCUT2D eigenvalue weighted by Crippen LogP contribution is -2.48. The number of rotatable bonds is 6. The second kappa shape index (κ2) is 9.82. The van der Waals surface area contributed by atoms with Crippen molar-refractivity contribution in [1.29, 1.82) is 5.26 Å². The molecule has 2 aromatic rings. The number of carbonyl (C=O) groups is 1. The number of hydrogen-bond acceptors (Lipinski definition) is 5. The first-order valence-corrected chi connectivity index (χ1v) is 12.7. The molecule has 1 unspecified atom stereocenters. The summed E-state index contributed by atoms with van der Waals surface area (Å²) < 4.78 is 13.2. The van der Waals surface area contributed by atoms with Crippen LogP contribution in [0.3, 0.4) is 0 Å². The summed E-state index contributed by atoms with van der Waals surface area (Å²) in [5.41, 5.74) is 3.10. The number of anilines is 2. The minimum atomic E-state index is -0.231. The number of hydrogen-bond donors (Lipinski definition) is 1. The molecule has 1 aliphatic heterocycles. The van der Waals surface area contributed by atoms with Crippen molar-refractivity contribution in [2.24, 2.45) is 11.3 Å². The van der Waals surface area contributed by atoms with Crippen molar-refractivity contribution in [3.63, 3.8) is 0 Å². The molecule has 4 rings (SSSR count). The van der Waals surface area contributed by atoms with E-state index >= 15 is 0 Å². The van der Waals surface area contributed by atoms with E-state index in [1.165, 1.54) is 17.0 Å². The average molecular weight is 469 g/mol. The molecule has 1 aromatic carbocycles. The molecule has 1 amide bonds. The van der Waals surface area contributed by atoms with Gasteiger partial charge < -0.3 is 10.2 Å². The summed E-state index contributed by atoms with van der Waals surface area (Å²) in [7, 11) is 0. The highest BCUT2D eigenvalue weighted by Crippen LogP contribution is 2.45. The van der Waals surface area contributed by atoms with E-state index in [0.29, 0.717) is 23.0 Å². The smallest absolute Gasteiger partial charge is 0.239 e. The van der Waals surface area contributed by atoms with E-state index in [2.05, 4.69) is 42.0 Å². The van der Waals surface area contributed by atoms with Crippen LogP contribution in [-0.2, 0) is 17.6 Å². The molecule has 2 aliphatic rings. The topological polar surface area (TPSA) is 59.4 Å². The van der Waals surface area contributed by atoms with Gasteiger partial charge in [-0.2, -0.15) is 5.26 Å². The van der Waals surface area contributed by atoms with E-state index in [4.69, 9.17) is 0 Å². The van der Waals surface area contributed by atoms with Crippen LogP contribution >= 0.6 is 11.3 Å². The van der Waals surface area contributed by atoms with Gasteiger partial charge in [0.05, 0.1) is 12.1 Å². The maximum atomic E-state index is 13.2. The molecule has 1 saturated heterocycles. The number of halogens is 1. The molecule has 0 saturated carbocycles. The molecule has 5 nitrogen and oxygen atoms in total. The van der Waals surface area contributed by atoms with Gasteiger partial charge in [-0.05, 0) is 60.4 Å². The van der Waals surface area contributed by atoms with Gasteiger partial charge in [-0.15, -0.1) is 11.3 Å². The maximum Gasteiger partial charge on any atom is 0.239 e. The number of nitriles is 1. The molecule has 33 heavy (non-hydrogen) atoms. The second-order valence-electron chi connectivity index (χ2n) is 9.89. The predicted molar refractivity (Wildman–Crippen MR) is 132 cm³/mol. The Labute approximate surface area is 200 Å². The number of amides is 1. The lowest BCUT2D eigenvalue weighted by Gasteiger charge is -2.36. The van der Waals surface area contributed by atoms with Gasteiger partial charge in [-0.3, -0.25) is 9.69 Å². The van der Waals surface area contributed by atoms with Crippen LogP contribution in [0.25, 0.3) is 0 Å². The normalized spacial score (nSPS) is 19.1. The van der Waals surface area contributed by atoms with Crippen molar-refractivity contribution in [2.45, 2.75) is 46.5 Å². The largest absolute Gasteiger partial charge is 0.369 e. The molecule has 7 heteroatoms. The van der Waals surface area contributed by atoms with E-state index < -0.39 is 0 Å². The molecule has 1 fully saturated rings. The molecule has 1 N–H and O–H groups in total. The third-order valence-electron chi connectivity index (χ3n) is 7.58. The third kappa shape index (κ3) is 5.23. The zero-order chi connectivity index (χ0) is 23.6. The van der Waals surface area contributed by atoms with E-state index in [1.54, 1.807) is 23.5 Å². The number of fused-ring (bicyclic) bond motifs is 1. The van der Waals surface area contributed by atoms with Crippen molar-refractivity contribution < 1.29 is 9.18 Å². The molecule has 1 aromatic heterocycles. The number of benzene rings is 1. The average Bonchev–Trinajstić information content (AvgIpc) is 3.16. The zero-order valence-corrected chi connectivity index (χ0v) is 20.6. The van der Waals surface area contributed by atoms with E-state index in [9.17, 15) is 14.4 Å². The van der Waals surface area contributed by atoms with Gasteiger partial charge in [-0.25, -0.2) is 4.39 Å². The Morgan fingerprint density at radius 3 is 2.58 bits per heavy atom. The Morgan fingerprint density at radius 2 is 1.94 bits per heavy atom. The number of thiophene rings is 1. The number of piperazine rings is 1. The van der Waals surface area contributed by atoms with Crippen LogP contribution in [0, 0.1) is 28.5 Å². The quantitative estimate of drug-likeness (QED) is 0.644. The summed E-state index contributed by atoms with van der Waals surface area (Å²) in [4.78, 5) is 18.4. The summed E-state index contributed by atoms with van der Waals surface area (Å²) in [6.45, 7) is 10.4. The van der Waals surface area contributed by atoms with Gasteiger partial charge in [0.25, 0.3) is 0 Å². The van der Waals surface area contributed by atoms with Gasteiger partial charge in [0.15, 0.2) is 0 Å². The van der Waals surface area contributed by atoms with Gasteiger partial charge >= 0.3 is 0 Å². The Hall–Kier alpha value is -2.43. The van der Waals surface area contributed by atoms with Crippen LogP contribution in [-0.4, -0.2) is 43.5 Å². The fourth-order valence-electron chi connectivity index (χ4n) is 4.93. The standard InChI is InChI=1S/C26H33FN4OS/c1-4-26(2,3)18-5-10-21-22(16-28)25(33-23(21)15-18)29-24(32)17-30-11-13-31(14-12-30)20-8-6-19(27)7-9-20/h6-9,18H,4-5,10-15,17H2,1-3H3,(H,29,32). The van der Waals surface area contributed by atoms with Crippen LogP contribution in [0.15, 0.2) is 24.3 Å². The highest BCUT2D eigenvalue weighted by Gasteiger charge is 2.34. The molecule has 0 bridgehead atoms. The zero-order valence-electron chi connectivity index (χ0n) is 19.8. The molecular formula is C26H33FN4OS. The van der Waals surface area contributed by atoms with Gasteiger partial charge in [0, 0.05) is 36.7 Å². The summed E-state index contributed by atoms with van der Waals surface area (Å²) in [6, 6.07) is 8.91. The number of nitrogens with zero attached hydrogens (tertiary/aromatic N) is 3. The summed E-state index contributed by atoms with van der Waals surface area (Å²) in [5.74, 6) is 0.317. The van der Waals surface area contributed by atoms with Gasteiger partial charge in [0.2, 0.25) is 5.91 Å². The van der Waals surface area contributed by atoms with Crippen molar-refractivity contribution in [3.8, 4) is 6.07 Å². The Kier molecular flexibility index (Phi) is 7.06. The monoisotopic (exact) mass is 468 g/mol. The lowest BCUT2D eigenvalue weighted by atomic mass is 9.69. The minimum Gasteiger partial charge on any atom is -0.369 e. The predicted octanol–water partition coefficient (Wildman–Crippen LogP) is 5.06. The van der Waals surface area contributed by atoms with Crippen LogP contribution in [0.2, 0.25) is 0 Å². The summed E-state index contributed by atoms with van der Waals surface area (Å²) in [5, 5.41) is 13.5. The van der Waals surface area contributed by atoms with Crippen LogP contribution in [0.5, 0.6) is 0 Å². The molecule has 1 aliphatic carbocycles. The van der Waals surface area contributed by atoms with E-state index in [1.807, 2.05) is 0 Å². The summed E-state index contributed by atoms with van der Waals surface area (Å²) >= 11 is 1.59. The first-order valence-electron chi connectivity index (χ1n) is 11.9. The van der Waals surface area contributed by atoms with E-state index in [-0.39, 0.29) is 17.1 Å². The first-order chi connectivity index (χ1) is 15.8. The molecule has 176 valence electrons. The number of carbonyl (C=O) groups excluding carboxylic acids is 1. The Morgan fingerprint density at radius 1 is 1.24 bits per heavy atom. The highest BCUT2D eigenvalue weighted by atomic mass is 32.1. The first kappa shape index (κ1) is 23.7. The van der Waals surface area contributed by atoms with Crippen LogP contribution in [0.1, 0.15) is 49.6 Å². The van der Waals surface area contributed by atoms with Crippen LogP contribution in [0.4, 0.5) is 15.1 Å². The fraction of sp³-hybridized carbons (Fsp3) is 0.538. The Balaban J connectivity index is 1.35. The van der Waals surface area contributed by atoms with Crippen molar-refractivity contribution >= 4 is 27.9 Å². The van der Waals surface area contributed by atoms with Crippen molar-refractivity contribution in [3.05, 3.63) is 46.1 Å². The van der Waals surface area contributed by atoms with Crippen molar-refractivity contribution in [2.75, 3.05) is 42.9 Å². The second-order valence-corrected chi connectivity index (χ2v) is 11.0. The SMILES string of the molecule is CCC(C)(C)C1CCc2c(sc(NC(=O)CN3CCN(c4ccc(F)cc4)CC3)c2C#N)C1. The van der Waals surface area contributed by atoms with E-state index in [0.717, 1.165) is 63.1 Å². The summed E-state index contributed by atoms with van der Waals surface area (Å²) in [6.07, 6.45) is 4.16. The Bertz CT molecular complexity index is 1030.